The lowest BCUT2D eigenvalue weighted by Crippen LogP contribution is -2.33. The number of nitrogens with one attached hydrogen (secondary N) is 1. The second-order valence-electron chi connectivity index (χ2n) is 2.07. The fourth-order valence-electron chi connectivity index (χ4n) is 0.426. The summed E-state index contributed by atoms with van der Waals surface area (Å²) in [6, 6.07) is 0. The number of allylic oxidation sites excluding steroid dienone is 1. The Bertz CT molecular complexity index is 360. The van der Waals surface area contributed by atoms with Crippen molar-refractivity contribution >= 4 is 24.9 Å². The monoisotopic (exact) mass is 250 g/mol. The molecule has 1 N–H and O–H groups in total. The lowest BCUT2D eigenvalue weighted by atomic mass is 10.5. The van der Waals surface area contributed by atoms with Gasteiger partial charge in [0.25, 0.3) is 9.05 Å². The van der Waals surface area contributed by atoms with Crippen LogP contribution in [-0.4, -0.2) is 26.8 Å². The molecule has 0 saturated carbocycles. The molecule has 0 saturated heterocycles. The number of aliphatic imine (C=N–C) groups is 1. The average Bonchev–Trinajstić information content (AvgIpc) is 1.95. The van der Waals surface area contributed by atoms with Gasteiger partial charge in [-0.15, -0.1) is 0 Å². The Morgan fingerprint density at radius 1 is 1.50 bits per heavy atom. The lowest BCUT2D eigenvalue weighted by Gasteiger charge is -2.11. The molecule has 4 nitrogen and oxygen atoms in total. The first-order valence-corrected chi connectivity index (χ1v) is 5.34. The molecular weight excluding hydrogens is 245 g/mol. The molecule has 0 spiro atoms. The summed E-state index contributed by atoms with van der Waals surface area (Å²) in [7, 11) is 1.42. The number of hydrogen-bond donors (Lipinski definition) is 1. The highest BCUT2D eigenvalue weighted by Gasteiger charge is 2.34. The minimum atomic E-state index is -4.75. The van der Waals surface area contributed by atoms with Crippen molar-refractivity contribution in [1.29, 1.82) is 0 Å². The molecule has 9 heteroatoms. The SMILES string of the molecule is C=C(NC(=NC)S(=O)(=O)Cl)C(F)(F)F. The Morgan fingerprint density at radius 3 is 2.14 bits per heavy atom. The second kappa shape index (κ2) is 4.18. The van der Waals surface area contributed by atoms with E-state index in [1.54, 1.807) is 0 Å². The van der Waals surface area contributed by atoms with E-state index in [0.29, 0.717) is 0 Å². The van der Waals surface area contributed by atoms with Gasteiger partial charge in [-0.2, -0.15) is 13.2 Å². The van der Waals surface area contributed by atoms with Crippen molar-refractivity contribution < 1.29 is 21.6 Å². The van der Waals surface area contributed by atoms with Crippen molar-refractivity contribution in [3.8, 4) is 0 Å². The van der Waals surface area contributed by atoms with Crippen molar-refractivity contribution in [3.05, 3.63) is 12.3 Å². The van der Waals surface area contributed by atoms with E-state index >= 15 is 0 Å². The van der Waals surface area contributed by atoms with Crippen molar-refractivity contribution in [2.45, 2.75) is 6.18 Å². The summed E-state index contributed by atoms with van der Waals surface area (Å²) >= 11 is 0. The first-order valence-electron chi connectivity index (χ1n) is 3.03. The van der Waals surface area contributed by atoms with Crippen LogP contribution in [0.2, 0.25) is 0 Å². The molecule has 0 fully saturated rings. The van der Waals surface area contributed by atoms with E-state index in [0.717, 1.165) is 7.05 Å². The summed E-state index contributed by atoms with van der Waals surface area (Å²) < 4.78 is 56.8. The van der Waals surface area contributed by atoms with Crippen LogP contribution in [0.25, 0.3) is 0 Å². The number of hydrogen-bond acceptors (Lipinski definition) is 3. The van der Waals surface area contributed by atoms with E-state index in [1.165, 1.54) is 5.32 Å². The van der Waals surface area contributed by atoms with Gasteiger partial charge in [-0.1, -0.05) is 6.58 Å². The third-order valence-electron chi connectivity index (χ3n) is 1.03. The quantitative estimate of drug-likeness (QED) is 0.432. The number of amidine groups is 1. The first kappa shape index (κ1) is 13.2. The number of nitrogens with zero attached hydrogens (tertiary/aromatic N) is 1. The van der Waals surface area contributed by atoms with Crippen LogP contribution in [0.1, 0.15) is 0 Å². The van der Waals surface area contributed by atoms with Crippen LogP contribution < -0.4 is 5.32 Å². The van der Waals surface area contributed by atoms with Crippen molar-refractivity contribution in [2.24, 2.45) is 4.99 Å². The number of halogens is 4. The first-order chi connectivity index (χ1) is 6.09. The summed E-state index contributed by atoms with van der Waals surface area (Å²) in [5.41, 5.74) is -1.46. The van der Waals surface area contributed by atoms with Crippen molar-refractivity contribution in [3.63, 3.8) is 0 Å². The van der Waals surface area contributed by atoms with Crippen LogP contribution >= 0.6 is 10.7 Å². The summed E-state index contributed by atoms with van der Waals surface area (Å²) in [5, 5.41) is 0.459. The van der Waals surface area contributed by atoms with Gasteiger partial charge in [-0.3, -0.25) is 4.99 Å². The Hall–Kier alpha value is -0.760. The van der Waals surface area contributed by atoms with E-state index in [1.807, 2.05) is 0 Å². The van der Waals surface area contributed by atoms with Crippen LogP contribution in [0.3, 0.4) is 0 Å². The molecule has 0 aromatic heterocycles. The molecule has 0 bridgehead atoms. The predicted molar refractivity (Wildman–Crippen MR) is 46.5 cm³/mol. The van der Waals surface area contributed by atoms with E-state index in [9.17, 15) is 21.6 Å². The Balaban J connectivity index is 4.79. The maximum Gasteiger partial charge on any atom is 0.430 e. The average molecular weight is 251 g/mol. The Morgan fingerprint density at radius 2 is 1.93 bits per heavy atom. The zero-order chi connectivity index (χ0) is 11.6. The molecular formula is C5H6ClF3N2O2S. The van der Waals surface area contributed by atoms with Gasteiger partial charge in [-0.05, 0) is 0 Å². The van der Waals surface area contributed by atoms with Gasteiger partial charge >= 0.3 is 6.18 Å². The van der Waals surface area contributed by atoms with Gasteiger partial charge in [0, 0.05) is 17.7 Å². The summed E-state index contributed by atoms with van der Waals surface area (Å²) in [5.74, 6) is 0. The van der Waals surface area contributed by atoms with Crippen molar-refractivity contribution in [1.82, 2.24) is 5.32 Å². The van der Waals surface area contributed by atoms with Crippen LogP contribution in [0.15, 0.2) is 17.3 Å². The van der Waals surface area contributed by atoms with Gasteiger partial charge < -0.3 is 5.32 Å². The summed E-state index contributed by atoms with van der Waals surface area (Å²) in [6.45, 7) is 2.59. The van der Waals surface area contributed by atoms with E-state index in [-0.39, 0.29) is 0 Å². The summed E-state index contributed by atoms with van der Waals surface area (Å²) in [4.78, 5) is 3.04. The second-order valence-corrected chi connectivity index (χ2v) is 4.55. The fraction of sp³-hybridized carbons (Fsp3) is 0.400. The predicted octanol–water partition coefficient (Wildman–Crippen LogP) is 1.21. The van der Waals surface area contributed by atoms with Crippen LogP contribution in [-0.2, 0) is 9.05 Å². The van der Waals surface area contributed by atoms with Gasteiger partial charge in [0.05, 0.1) is 0 Å². The van der Waals surface area contributed by atoms with Crippen LogP contribution in [0, 0.1) is 0 Å². The third-order valence-corrected chi connectivity index (χ3v) is 2.22. The molecule has 0 heterocycles. The standard InChI is InChI=1S/C5H6ClF3N2O2S/c1-3(5(7,8)9)11-4(10-2)14(6,12)13/h1H2,2H3,(H,10,11). The highest BCUT2D eigenvalue weighted by atomic mass is 35.7. The topological polar surface area (TPSA) is 58.5 Å². The Kier molecular flexibility index (Phi) is 3.95. The molecule has 0 aliphatic rings. The molecule has 0 aromatic carbocycles. The fourth-order valence-corrected chi connectivity index (χ4v) is 1.21. The highest BCUT2D eigenvalue weighted by Crippen LogP contribution is 2.22. The number of rotatable bonds is 1. The molecule has 14 heavy (non-hydrogen) atoms. The van der Waals surface area contributed by atoms with E-state index in [4.69, 9.17) is 10.7 Å². The molecule has 0 aliphatic heterocycles. The summed E-state index contributed by atoms with van der Waals surface area (Å²) in [6.07, 6.45) is -4.75. The van der Waals surface area contributed by atoms with E-state index < -0.39 is 26.1 Å². The third kappa shape index (κ3) is 3.97. The minimum absolute atomic E-state index is 0.978. The van der Waals surface area contributed by atoms with Crippen molar-refractivity contribution in [2.75, 3.05) is 7.05 Å². The van der Waals surface area contributed by atoms with Crippen LogP contribution in [0.5, 0.6) is 0 Å². The zero-order valence-electron chi connectivity index (χ0n) is 6.89. The molecule has 0 aromatic rings. The van der Waals surface area contributed by atoms with Gasteiger partial charge in [0.1, 0.15) is 5.70 Å². The molecule has 0 unspecified atom stereocenters. The molecule has 0 atom stereocenters. The smallest absolute Gasteiger partial charge is 0.326 e. The van der Waals surface area contributed by atoms with Gasteiger partial charge in [-0.25, -0.2) is 8.42 Å². The molecule has 0 radical (unpaired) electrons. The highest BCUT2D eigenvalue weighted by molar-refractivity contribution is 8.25. The minimum Gasteiger partial charge on any atom is -0.326 e. The van der Waals surface area contributed by atoms with Crippen LogP contribution in [0.4, 0.5) is 13.2 Å². The zero-order valence-corrected chi connectivity index (χ0v) is 8.46. The van der Waals surface area contributed by atoms with Gasteiger partial charge in [0.15, 0.2) is 0 Å². The molecule has 0 amide bonds. The largest absolute Gasteiger partial charge is 0.430 e. The van der Waals surface area contributed by atoms with Gasteiger partial charge in [0.2, 0.25) is 5.17 Å². The lowest BCUT2D eigenvalue weighted by molar-refractivity contribution is -0.0943. The molecule has 82 valence electrons. The maximum absolute atomic E-state index is 11.9. The molecule has 0 aliphatic carbocycles. The van der Waals surface area contributed by atoms with E-state index in [2.05, 4.69) is 11.6 Å². The maximum atomic E-state index is 11.9. The molecule has 0 rings (SSSR count). The normalized spacial score (nSPS) is 13.9. The number of alkyl halides is 3. The Labute approximate surface area is 82.9 Å².